The Kier molecular flexibility index (Phi) is 16.8. The number of carbonyl (C=O) groups excluding carboxylic acids is 1. The third-order valence-electron chi connectivity index (χ3n) is 12.1. The molecule has 1 heterocycles. The summed E-state index contributed by atoms with van der Waals surface area (Å²) >= 11 is 0. The zero-order valence-electron chi connectivity index (χ0n) is 41.1. The number of hydrogen-bond acceptors (Lipinski definition) is 13. The molecule has 0 saturated heterocycles. The van der Waals surface area contributed by atoms with Crippen LogP contribution in [-0.4, -0.2) is 111 Å². The normalized spacial score (nSPS) is 16.0. The van der Waals surface area contributed by atoms with Crippen LogP contribution in [0.15, 0.2) is 107 Å². The molecule has 378 valence electrons. The van der Waals surface area contributed by atoms with Gasteiger partial charge in [0.05, 0.1) is 25.3 Å². The van der Waals surface area contributed by atoms with E-state index in [0.29, 0.717) is 29.7 Å². The average Bonchev–Trinajstić information content (AvgIpc) is 3.73. The van der Waals surface area contributed by atoms with Crippen molar-refractivity contribution < 1.29 is 45.4 Å². The molecular weight excluding hydrogens is 955 g/mol. The van der Waals surface area contributed by atoms with Gasteiger partial charge in [0.2, 0.25) is 20.0 Å². The van der Waals surface area contributed by atoms with Crippen LogP contribution in [0.1, 0.15) is 71.1 Å². The predicted octanol–water partition coefficient (Wildman–Crippen LogP) is 7.19. The van der Waals surface area contributed by atoms with Crippen molar-refractivity contribution >= 4 is 46.2 Å². The predicted molar refractivity (Wildman–Crippen MR) is 268 cm³/mol. The van der Waals surface area contributed by atoms with E-state index in [4.69, 9.17) is 13.9 Å². The van der Waals surface area contributed by atoms with Crippen molar-refractivity contribution in [3.05, 3.63) is 114 Å². The molecule has 4 aromatic carbocycles. The minimum Gasteiger partial charge on any atom is -0.497 e. The third kappa shape index (κ3) is 13.9. The van der Waals surface area contributed by atoms with Crippen LogP contribution in [-0.2, 0) is 48.8 Å². The minimum absolute atomic E-state index is 0.0450. The number of carbonyl (C=O) groups is 2. The number of ether oxygens (including phenoxy) is 2. The van der Waals surface area contributed by atoms with Crippen molar-refractivity contribution in [3.8, 4) is 17.1 Å². The van der Waals surface area contributed by atoms with Gasteiger partial charge >= 0.3 is 12.2 Å². The monoisotopic (exact) mass is 1020 g/mol. The molecule has 0 aliphatic heterocycles. The van der Waals surface area contributed by atoms with E-state index in [1.54, 1.807) is 101 Å². The summed E-state index contributed by atoms with van der Waals surface area (Å²) in [7, 11) is -10.8. The highest BCUT2D eigenvalue weighted by Crippen LogP contribution is 2.42. The number of methoxy groups -OCH3 is 1. The van der Waals surface area contributed by atoms with Gasteiger partial charge in [0, 0.05) is 44.0 Å². The first-order valence-corrected chi connectivity index (χ1v) is 28.7. The zero-order chi connectivity index (χ0) is 51.1. The molecule has 5 aromatic rings. The lowest BCUT2D eigenvalue weighted by Crippen LogP contribution is -2.51. The van der Waals surface area contributed by atoms with Crippen LogP contribution in [0.25, 0.3) is 11.4 Å². The van der Waals surface area contributed by atoms with Crippen LogP contribution >= 0.6 is 0 Å². The number of carboxylic acid groups (broad SMARTS) is 1. The van der Waals surface area contributed by atoms with Crippen LogP contribution in [0.4, 0.5) is 15.3 Å². The van der Waals surface area contributed by atoms with Gasteiger partial charge in [-0.15, -0.1) is 5.10 Å². The van der Waals surface area contributed by atoms with Gasteiger partial charge in [0.25, 0.3) is 0 Å². The van der Waals surface area contributed by atoms with Gasteiger partial charge in [0.1, 0.15) is 21.1 Å². The molecule has 5 N–H and O–H groups in total. The largest absolute Gasteiger partial charge is 0.497 e. The van der Waals surface area contributed by atoms with Gasteiger partial charge < -0.3 is 35.0 Å². The summed E-state index contributed by atoms with van der Waals surface area (Å²) in [5, 5.41) is 30.4. The van der Waals surface area contributed by atoms with E-state index in [-0.39, 0.29) is 66.9 Å². The Balaban J connectivity index is 1.54. The van der Waals surface area contributed by atoms with E-state index in [9.17, 15) is 14.7 Å². The number of sulfonamides is 2. The van der Waals surface area contributed by atoms with Gasteiger partial charge in [-0.2, -0.15) is 4.31 Å². The number of benzene rings is 4. The molecule has 0 radical (unpaired) electrons. The number of alkyl carbamates (subject to hydrolysis) is 1. The van der Waals surface area contributed by atoms with Gasteiger partial charge in [-0.3, -0.25) is 0 Å². The lowest BCUT2D eigenvalue weighted by atomic mass is 9.86. The molecule has 6 rings (SSSR count). The van der Waals surface area contributed by atoms with Crippen molar-refractivity contribution in [2.24, 2.45) is 0 Å². The third-order valence-corrected chi connectivity index (χ3v) is 20.1. The second-order valence-electron chi connectivity index (χ2n) is 19.8. The number of nitrogens with one attached hydrogen (secondary N) is 4. The molecule has 1 aliphatic carbocycles. The molecular formula is C48H65N9O10S2Si. The topological polar surface area (TPSA) is 245 Å². The van der Waals surface area contributed by atoms with E-state index >= 15 is 16.8 Å². The highest BCUT2D eigenvalue weighted by atomic mass is 32.2. The number of rotatable bonds is 21. The molecule has 1 saturated carbocycles. The molecule has 1 aromatic heterocycles. The lowest BCUT2D eigenvalue weighted by Gasteiger charge is -2.39. The Morgan fingerprint density at radius 1 is 0.829 bits per heavy atom. The molecule has 19 nitrogen and oxygen atoms in total. The number of hydrogen-bond donors (Lipinski definition) is 5. The van der Waals surface area contributed by atoms with E-state index in [0.717, 1.165) is 5.56 Å². The van der Waals surface area contributed by atoms with Crippen LogP contribution in [0.5, 0.6) is 5.75 Å². The van der Waals surface area contributed by atoms with Crippen LogP contribution < -0.4 is 25.4 Å². The Bertz CT molecular complexity index is 2760. The first-order valence-electron chi connectivity index (χ1n) is 22.9. The molecule has 1 fully saturated rings. The fourth-order valence-corrected chi connectivity index (χ4v) is 12.3. The van der Waals surface area contributed by atoms with E-state index < -0.39 is 62.0 Å². The van der Waals surface area contributed by atoms with Gasteiger partial charge in [-0.05, 0) is 103 Å². The molecule has 0 unspecified atom stereocenters. The second kappa shape index (κ2) is 22.0. The van der Waals surface area contributed by atoms with Crippen LogP contribution in [0.2, 0.25) is 18.1 Å². The summed E-state index contributed by atoms with van der Waals surface area (Å²) in [6, 6.07) is 27.0. The number of aromatic nitrogens is 4. The number of anilines is 1. The average molecular weight is 1020 g/mol. The minimum atomic E-state index is -4.91. The zero-order valence-corrected chi connectivity index (χ0v) is 43.7. The Labute approximate surface area is 411 Å². The Morgan fingerprint density at radius 3 is 1.97 bits per heavy atom. The summed E-state index contributed by atoms with van der Waals surface area (Å²) in [4.78, 5) is 23.2. The van der Waals surface area contributed by atoms with Gasteiger partial charge in [0.15, 0.2) is 14.1 Å². The smallest absolute Gasteiger partial charge is 0.407 e. The maximum atomic E-state index is 16.0. The first kappa shape index (κ1) is 53.4. The highest BCUT2D eigenvalue weighted by molar-refractivity contribution is 7.92. The summed E-state index contributed by atoms with van der Waals surface area (Å²) in [5.74, 6) is 0.546. The molecule has 1 atom stereocenters. The van der Waals surface area contributed by atoms with Crippen LogP contribution in [0.3, 0.4) is 0 Å². The Hall–Kier alpha value is -5.91. The van der Waals surface area contributed by atoms with E-state index in [1.807, 2.05) is 46.0 Å². The summed E-state index contributed by atoms with van der Waals surface area (Å²) in [5.41, 5.74) is 1.27. The summed E-state index contributed by atoms with van der Waals surface area (Å²) in [6.07, 6.45) is -2.10. The maximum absolute atomic E-state index is 16.0. The Morgan fingerprint density at radius 2 is 1.43 bits per heavy atom. The van der Waals surface area contributed by atoms with Crippen LogP contribution in [0, 0.1) is 0 Å². The quantitative estimate of drug-likeness (QED) is 0.0457. The molecule has 1 aliphatic rings. The van der Waals surface area contributed by atoms with Gasteiger partial charge in [-0.25, -0.2) is 35.8 Å². The summed E-state index contributed by atoms with van der Waals surface area (Å²) in [6.45, 7) is 14.5. The second-order valence-corrected chi connectivity index (χ2v) is 28.1. The van der Waals surface area contributed by atoms with Crippen molar-refractivity contribution in [2.75, 3.05) is 25.5 Å². The van der Waals surface area contributed by atoms with Crippen molar-refractivity contribution in [2.45, 2.75) is 126 Å². The van der Waals surface area contributed by atoms with E-state index in [1.165, 1.54) is 21.1 Å². The van der Waals surface area contributed by atoms with Crippen molar-refractivity contribution in [1.82, 2.24) is 39.9 Å². The molecule has 0 bridgehead atoms. The van der Waals surface area contributed by atoms with Crippen molar-refractivity contribution in [3.63, 3.8) is 0 Å². The standard InChI is InChI=1S/C48H65N9O10S2Si/c1-47(2,3)66-46(60)49-28-39(67-70(8,9)48(4,5)6)29-50-68(61,62)41-25-24-40(51-36-26-37(27-36)52-45(58)59)42(44-53-54-55-57(44)32-35-20-22-38(65-7)23-21-35)43(41)69(63,64)56(30-33-16-12-10-13-17-33)31-34-18-14-11-15-19-34/h10-25,36-37,39,50-52H,26-32H2,1-9H3,(H,49,60)(H,58,59)/t36?,37?,39-/m1/s1. The lowest BCUT2D eigenvalue weighted by molar-refractivity contribution is 0.0498. The summed E-state index contributed by atoms with van der Waals surface area (Å²) < 4.78 is 85.4. The first-order chi connectivity index (χ1) is 32.8. The number of amides is 2. The highest BCUT2D eigenvalue weighted by Gasteiger charge is 2.42. The molecule has 0 spiro atoms. The molecule has 70 heavy (non-hydrogen) atoms. The fourth-order valence-electron chi connectivity index (χ4n) is 7.49. The number of tetrazole rings is 1. The fraction of sp³-hybridized carbons (Fsp3) is 0.438. The molecule has 22 heteroatoms. The van der Waals surface area contributed by atoms with Crippen molar-refractivity contribution in [1.29, 1.82) is 0 Å². The maximum Gasteiger partial charge on any atom is 0.407 e. The SMILES string of the molecule is COc1ccc(Cn2nnnc2-c2c(NC3CC(NC(=O)O)C3)ccc(S(=O)(=O)NC[C@@H](CNC(=O)OC(C)(C)C)O[Si](C)(C)C(C)(C)C)c2S(=O)(=O)N(Cc2ccccc2)Cc2ccccc2)cc1. The number of nitrogens with zero attached hydrogens (tertiary/aromatic N) is 5. The molecule has 2 amide bonds. The van der Waals surface area contributed by atoms with Gasteiger partial charge in [-0.1, -0.05) is 93.6 Å². The van der Waals surface area contributed by atoms with E-state index in [2.05, 4.69) is 36.2 Å².